The van der Waals surface area contributed by atoms with Gasteiger partial charge < -0.3 is 5.32 Å². The summed E-state index contributed by atoms with van der Waals surface area (Å²) in [4.78, 5) is 10.8. The minimum atomic E-state index is -0.0291. The van der Waals surface area contributed by atoms with Gasteiger partial charge in [-0.15, -0.1) is 0 Å². The van der Waals surface area contributed by atoms with Gasteiger partial charge in [0, 0.05) is 12.6 Å². The fourth-order valence-corrected chi connectivity index (χ4v) is 1.52. The van der Waals surface area contributed by atoms with Crippen LogP contribution in [0, 0.1) is 5.41 Å². The van der Waals surface area contributed by atoms with Crippen molar-refractivity contribution in [1.82, 2.24) is 0 Å². The molecule has 0 heterocycles. The lowest BCUT2D eigenvalue weighted by atomic mass is 9.88. The van der Waals surface area contributed by atoms with Crippen LogP contribution in [0.15, 0.2) is 24.3 Å². The first-order valence-corrected chi connectivity index (χ1v) is 5.23. The molecule has 0 aromatic heterocycles. The molecule has 1 N–H and O–H groups in total. The Morgan fingerprint density at radius 3 is 2.13 bits per heavy atom. The summed E-state index contributed by atoms with van der Waals surface area (Å²) in [6.07, 6.45) is 1.05. The molecule has 0 unspecified atom stereocenters. The van der Waals surface area contributed by atoms with Crippen LogP contribution in [0.25, 0.3) is 0 Å². The van der Waals surface area contributed by atoms with Crippen LogP contribution in [0.5, 0.6) is 0 Å². The van der Waals surface area contributed by atoms with Crippen molar-refractivity contribution in [3.8, 4) is 0 Å². The lowest BCUT2D eigenvalue weighted by molar-refractivity contribution is -0.114. The van der Waals surface area contributed by atoms with Crippen molar-refractivity contribution in [1.29, 1.82) is 0 Å². The molecule has 0 saturated heterocycles. The van der Waals surface area contributed by atoms with Crippen molar-refractivity contribution < 1.29 is 4.79 Å². The van der Waals surface area contributed by atoms with E-state index >= 15 is 0 Å². The SMILES string of the molecule is CC(=O)Nc1ccc(CC(C)(C)C)cc1. The van der Waals surface area contributed by atoms with Crippen LogP contribution in [0.4, 0.5) is 5.69 Å². The third kappa shape index (κ3) is 4.63. The van der Waals surface area contributed by atoms with Gasteiger partial charge in [0.1, 0.15) is 0 Å². The second-order valence-corrected chi connectivity index (χ2v) is 5.12. The van der Waals surface area contributed by atoms with E-state index in [2.05, 4.69) is 38.2 Å². The largest absolute Gasteiger partial charge is 0.326 e. The van der Waals surface area contributed by atoms with E-state index < -0.39 is 0 Å². The Bertz CT molecular complexity index is 333. The van der Waals surface area contributed by atoms with Crippen molar-refractivity contribution in [2.75, 3.05) is 5.32 Å². The van der Waals surface area contributed by atoms with E-state index in [1.807, 2.05) is 12.1 Å². The average molecular weight is 205 g/mol. The minimum Gasteiger partial charge on any atom is -0.326 e. The van der Waals surface area contributed by atoms with Gasteiger partial charge in [-0.1, -0.05) is 32.9 Å². The molecule has 1 aromatic carbocycles. The van der Waals surface area contributed by atoms with Crippen molar-refractivity contribution >= 4 is 11.6 Å². The quantitative estimate of drug-likeness (QED) is 0.789. The van der Waals surface area contributed by atoms with E-state index in [0.717, 1.165) is 12.1 Å². The normalized spacial score (nSPS) is 11.2. The molecule has 0 aliphatic heterocycles. The second-order valence-electron chi connectivity index (χ2n) is 5.12. The molecule has 0 aliphatic carbocycles. The molecule has 0 bridgehead atoms. The average Bonchev–Trinajstić information content (AvgIpc) is 2.05. The van der Waals surface area contributed by atoms with Gasteiger partial charge in [-0.05, 0) is 29.5 Å². The molecule has 82 valence electrons. The Morgan fingerprint density at radius 2 is 1.73 bits per heavy atom. The van der Waals surface area contributed by atoms with Crippen molar-refractivity contribution in [3.05, 3.63) is 29.8 Å². The highest BCUT2D eigenvalue weighted by molar-refractivity contribution is 5.88. The standard InChI is InChI=1S/C13H19NO/c1-10(15)14-12-7-5-11(6-8-12)9-13(2,3)4/h5-8H,9H2,1-4H3,(H,14,15). The molecule has 1 aromatic rings. The number of nitrogens with one attached hydrogen (secondary N) is 1. The Kier molecular flexibility index (Phi) is 3.51. The van der Waals surface area contributed by atoms with E-state index in [0.29, 0.717) is 5.41 Å². The van der Waals surface area contributed by atoms with Crippen LogP contribution >= 0.6 is 0 Å². The van der Waals surface area contributed by atoms with Crippen LogP contribution in [0.1, 0.15) is 33.3 Å². The maximum atomic E-state index is 10.8. The first-order valence-electron chi connectivity index (χ1n) is 5.23. The van der Waals surface area contributed by atoms with Gasteiger partial charge in [0.15, 0.2) is 0 Å². The Morgan fingerprint density at radius 1 is 1.20 bits per heavy atom. The van der Waals surface area contributed by atoms with E-state index in [-0.39, 0.29) is 5.91 Å². The zero-order valence-corrected chi connectivity index (χ0v) is 9.92. The zero-order valence-electron chi connectivity index (χ0n) is 9.92. The maximum absolute atomic E-state index is 10.8. The molecule has 0 atom stereocenters. The van der Waals surface area contributed by atoms with Crippen LogP contribution in [-0.2, 0) is 11.2 Å². The summed E-state index contributed by atoms with van der Waals surface area (Å²) < 4.78 is 0. The fraction of sp³-hybridized carbons (Fsp3) is 0.462. The number of carbonyl (C=O) groups excluding carboxylic acids is 1. The molecule has 15 heavy (non-hydrogen) atoms. The second kappa shape index (κ2) is 4.47. The highest BCUT2D eigenvalue weighted by atomic mass is 16.1. The smallest absolute Gasteiger partial charge is 0.221 e. The lowest BCUT2D eigenvalue weighted by Gasteiger charge is -2.18. The maximum Gasteiger partial charge on any atom is 0.221 e. The third-order valence-corrected chi connectivity index (χ3v) is 2.01. The highest BCUT2D eigenvalue weighted by Crippen LogP contribution is 2.21. The number of hydrogen-bond donors (Lipinski definition) is 1. The van der Waals surface area contributed by atoms with E-state index in [4.69, 9.17) is 0 Å². The molecule has 1 rings (SSSR count). The van der Waals surface area contributed by atoms with Gasteiger partial charge >= 0.3 is 0 Å². The predicted octanol–water partition coefficient (Wildman–Crippen LogP) is 3.23. The summed E-state index contributed by atoms with van der Waals surface area (Å²) in [5.74, 6) is -0.0291. The predicted molar refractivity (Wildman–Crippen MR) is 63.9 cm³/mol. The molecule has 0 fully saturated rings. The molecular formula is C13H19NO. The summed E-state index contributed by atoms with van der Waals surface area (Å²) in [6, 6.07) is 8.03. The number of benzene rings is 1. The van der Waals surface area contributed by atoms with Gasteiger partial charge in [-0.3, -0.25) is 4.79 Å². The zero-order chi connectivity index (χ0) is 11.5. The van der Waals surface area contributed by atoms with Crippen LogP contribution in [-0.4, -0.2) is 5.91 Å². The first-order chi connectivity index (χ1) is 6.87. The highest BCUT2D eigenvalue weighted by Gasteiger charge is 2.10. The number of carbonyl (C=O) groups is 1. The molecule has 0 radical (unpaired) electrons. The topological polar surface area (TPSA) is 29.1 Å². The van der Waals surface area contributed by atoms with Crippen molar-refractivity contribution in [3.63, 3.8) is 0 Å². The fourth-order valence-electron chi connectivity index (χ4n) is 1.52. The van der Waals surface area contributed by atoms with Gasteiger partial charge in [0.2, 0.25) is 5.91 Å². The first kappa shape index (κ1) is 11.8. The summed E-state index contributed by atoms with van der Waals surface area (Å²) in [6.45, 7) is 8.17. The van der Waals surface area contributed by atoms with Crippen molar-refractivity contribution in [2.45, 2.75) is 34.1 Å². The number of hydrogen-bond acceptors (Lipinski definition) is 1. The summed E-state index contributed by atoms with van der Waals surface area (Å²) in [5.41, 5.74) is 2.46. The third-order valence-electron chi connectivity index (χ3n) is 2.01. The van der Waals surface area contributed by atoms with E-state index in [1.54, 1.807) is 0 Å². The Balaban J connectivity index is 2.68. The molecular weight excluding hydrogens is 186 g/mol. The molecule has 0 aliphatic rings. The van der Waals surface area contributed by atoms with Gasteiger partial charge in [0.05, 0.1) is 0 Å². The van der Waals surface area contributed by atoms with Crippen LogP contribution in [0.3, 0.4) is 0 Å². The molecule has 2 heteroatoms. The van der Waals surface area contributed by atoms with Crippen molar-refractivity contribution in [2.24, 2.45) is 5.41 Å². The Hall–Kier alpha value is -1.31. The Labute approximate surface area is 91.7 Å². The molecule has 0 spiro atoms. The molecule has 1 amide bonds. The monoisotopic (exact) mass is 205 g/mol. The van der Waals surface area contributed by atoms with Crippen LogP contribution < -0.4 is 5.32 Å². The molecule has 2 nitrogen and oxygen atoms in total. The van der Waals surface area contributed by atoms with Gasteiger partial charge in [-0.2, -0.15) is 0 Å². The summed E-state index contributed by atoms with van der Waals surface area (Å²) in [5, 5.41) is 2.76. The van der Waals surface area contributed by atoms with E-state index in [1.165, 1.54) is 12.5 Å². The van der Waals surface area contributed by atoms with Crippen LogP contribution in [0.2, 0.25) is 0 Å². The van der Waals surface area contributed by atoms with E-state index in [9.17, 15) is 4.79 Å². The lowest BCUT2D eigenvalue weighted by Crippen LogP contribution is -2.09. The number of rotatable bonds is 2. The summed E-state index contributed by atoms with van der Waals surface area (Å²) >= 11 is 0. The molecule has 0 saturated carbocycles. The summed E-state index contributed by atoms with van der Waals surface area (Å²) in [7, 11) is 0. The van der Waals surface area contributed by atoms with Gasteiger partial charge in [0.25, 0.3) is 0 Å². The number of amides is 1. The minimum absolute atomic E-state index is 0.0291. The van der Waals surface area contributed by atoms with Gasteiger partial charge in [-0.25, -0.2) is 0 Å². The number of anilines is 1.